The van der Waals surface area contributed by atoms with Gasteiger partial charge in [0.1, 0.15) is 5.75 Å². The van der Waals surface area contributed by atoms with Gasteiger partial charge in [0.2, 0.25) is 20.0 Å². The van der Waals surface area contributed by atoms with Crippen LogP contribution in [0.4, 0.5) is 11.4 Å². The van der Waals surface area contributed by atoms with E-state index in [0.717, 1.165) is 20.4 Å². The van der Waals surface area contributed by atoms with Gasteiger partial charge in [0, 0.05) is 33.4 Å². The van der Waals surface area contributed by atoms with Crippen LogP contribution in [0.3, 0.4) is 0 Å². The van der Waals surface area contributed by atoms with Crippen molar-refractivity contribution >= 4 is 37.3 Å². The maximum absolute atomic E-state index is 13.0. The maximum atomic E-state index is 13.0. The van der Waals surface area contributed by atoms with Crippen LogP contribution in [0, 0.1) is 0 Å². The Bertz CT molecular complexity index is 1220. The van der Waals surface area contributed by atoms with E-state index in [1.807, 2.05) is 0 Å². The molecule has 32 heavy (non-hydrogen) atoms. The van der Waals surface area contributed by atoms with Crippen molar-refractivity contribution in [3.05, 3.63) is 48.0 Å². The molecule has 1 unspecified atom stereocenters. The Morgan fingerprint density at radius 2 is 1.66 bits per heavy atom. The summed E-state index contributed by atoms with van der Waals surface area (Å²) in [6.07, 6.45) is 0.881. The second-order valence-corrected chi connectivity index (χ2v) is 12.0. The molecule has 1 amide bonds. The van der Waals surface area contributed by atoms with E-state index in [1.165, 1.54) is 27.2 Å². The highest BCUT2D eigenvalue weighted by molar-refractivity contribution is 7.92. The molecule has 0 radical (unpaired) electrons. The Morgan fingerprint density at radius 3 is 2.22 bits per heavy atom. The SMILES string of the molecule is CC(Oc1ccc(N(C)S(C)(=O)=O)cc1)C(=O)N1CCc2cc(S(=O)(=O)N(C)C)ccc21. The van der Waals surface area contributed by atoms with E-state index in [0.29, 0.717) is 30.1 Å². The van der Waals surface area contributed by atoms with E-state index in [2.05, 4.69) is 0 Å². The normalized spacial score (nSPS) is 14.9. The molecular weight excluding hydrogens is 454 g/mol. The maximum Gasteiger partial charge on any atom is 0.267 e. The third-order valence-corrected chi connectivity index (χ3v) is 8.37. The number of sulfonamides is 2. The summed E-state index contributed by atoms with van der Waals surface area (Å²) in [6.45, 7) is 2.08. The number of carbonyl (C=O) groups is 1. The predicted molar refractivity (Wildman–Crippen MR) is 123 cm³/mol. The standard InChI is InChI=1S/C21H27N3O6S2/c1-15(30-18-8-6-17(7-9-18)23(4)31(5,26)27)21(25)24-13-12-16-14-19(10-11-20(16)24)32(28,29)22(2)3/h6-11,14-15H,12-13H2,1-5H3. The molecule has 0 saturated heterocycles. The minimum Gasteiger partial charge on any atom is -0.481 e. The summed E-state index contributed by atoms with van der Waals surface area (Å²) in [5.74, 6) is 0.188. The minimum absolute atomic E-state index is 0.194. The number of benzene rings is 2. The number of hydrogen-bond donors (Lipinski definition) is 0. The summed E-state index contributed by atoms with van der Waals surface area (Å²) in [6, 6.07) is 11.2. The Hall–Kier alpha value is -2.63. The first-order valence-electron chi connectivity index (χ1n) is 9.90. The smallest absolute Gasteiger partial charge is 0.267 e. The summed E-state index contributed by atoms with van der Waals surface area (Å²) < 4.78 is 56.1. The molecule has 174 valence electrons. The number of carbonyl (C=O) groups excluding carboxylic acids is 1. The molecule has 0 saturated carbocycles. The van der Waals surface area contributed by atoms with Gasteiger partial charge >= 0.3 is 0 Å². The molecule has 0 aromatic heterocycles. The van der Waals surface area contributed by atoms with Crippen molar-refractivity contribution in [2.45, 2.75) is 24.3 Å². The quantitative estimate of drug-likeness (QED) is 0.596. The molecule has 11 heteroatoms. The van der Waals surface area contributed by atoms with Crippen molar-refractivity contribution in [2.24, 2.45) is 0 Å². The fourth-order valence-electron chi connectivity index (χ4n) is 3.38. The van der Waals surface area contributed by atoms with Gasteiger partial charge in [-0.25, -0.2) is 21.1 Å². The Labute approximate surface area is 189 Å². The van der Waals surface area contributed by atoms with Gasteiger partial charge in [-0.2, -0.15) is 0 Å². The average Bonchev–Trinajstić information content (AvgIpc) is 3.15. The fraction of sp³-hybridized carbons (Fsp3) is 0.381. The van der Waals surface area contributed by atoms with E-state index < -0.39 is 26.2 Å². The number of hydrogen-bond acceptors (Lipinski definition) is 6. The highest BCUT2D eigenvalue weighted by Gasteiger charge is 2.30. The lowest BCUT2D eigenvalue weighted by atomic mass is 10.2. The number of rotatable bonds is 7. The number of anilines is 2. The van der Waals surface area contributed by atoms with Gasteiger partial charge < -0.3 is 9.64 Å². The van der Waals surface area contributed by atoms with Crippen LogP contribution in [0.2, 0.25) is 0 Å². The van der Waals surface area contributed by atoms with Gasteiger partial charge in [0.15, 0.2) is 6.10 Å². The number of nitrogens with zero attached hydrogens (tertiary/aromatic N) is 3. The molecule has 0 N–H and O–H groups in total. The third kappa shape index (κ3) is 4.74. The van der Waals surface area contributed by atoms with Crippen molar-refractivity contribution < 1.29 is 26.4 Å². The van der Waals surface area contributed by atoms with Crippen LogP contribution in [-0.4, -0.2) is 67.1 Å². The van der Waals surface area contributed by atoms with E-state index in [-0.39, 0.29) is 10.8 Å². The van der Waals surface area contributed by atoms with Gasteiger partial charge in [-0.05, 0) is 61.4 Å². The lowest BCUT2D eigenvalue weighted by Crippen LogP contribution is -2.39. The summed E-state index contributed by atoms with van der Waals surface area (Å²) in [5, 5.41) is 0. The summed E-state index contributed by atoms with van der Waals surface area (Å²) in [5.41, 5.74) is 1.95. The Morgan fingerprint density at radius 1 is 1.03 bits per heavy atom. The zero-order valence-corrected chi connectivity index (χ0v) is 20.3. The number of amides is 1. The summed E-state index contributed by atoms with van der Waals surface area (Å²) in [7, 11) is -2.51. The fourth-order valence-corrected chi connectivity index (χ4v) is 4.84. The molecule has 3 rings (SSSR count). The van der Waals surface area contributed by atoms with E-state index in [1.54, 1.807) is 48.2 Å². The van der Waals surface area contributed by atoms with Gasteiger partial charge in [0.05, 0.1) is 16.8 Å². The van der Waals surface area contributed by atoms with Crippen LogP contribution < -0.4 is 13.9 Å². The first-order chi connectivity index (χ1) is 14.8. The van der Waals surface area contributed by atoms with Crippen molar-refractivity contribution in [1.29, 1.82) is 0 Å². The molecule has 1 heterocycles. The molecule has 0 fully saturated rings. The topological polar surface area (TPSA) is 104 Å². The van der Waals surface area contributed by atoms with E-state index in [9.17, 15) is 21.6 Å². The van der Waals surface area contributed by atoms with Crippen LogP contribution in [0.5, 0.6) is 5.75 Å². The molecule has 0 bridgehead atoms. The van der Waals surface area contributed by atoms with Crippen LogP contribution in [0.1, 0.15) is 12.5 Å². The molecule has 9 nitrogen and oxygen atoms in total. The van der Waals surface area contributed by atoms with Crippen LogP contribution >= 0.6 is 0 Å². The van der Waals surface area contributed by atoms with Crippen LogP contribution in [0.25, 0.3) is 0 Å². The number of ether oxygens (including phenoxy) is 1. The third-order valence-electron chi connectivity index (χ3n) is 5.35. The monoisotopic (exact) mass is 481 g/mol. The van der Waals surface area contributed by atoms with E-state index >= 15 is 0 Å². The molecule has 0 aliphatic carbocycles. The molecule has 2 aromatic carbocycles. The lowest BCUT2D eigenvalue weighted by Gasteiger charge is -2.23. The predicted octanol–water partition coefficient (Wildman–Crippen LogP) is 1.69. The first-order valence-corrected chi connectivity index (χ1v) is 13.2. The summed E-state index contributed by atoms with van der Waals surface area (Å²) in [4.78, 5) is 14.8. The van der Waals surface area contributed by atoms with Gasteiger partial charge in [-0.15, -0.1) is 0 Å². The van der Waals surface area contributed by atoms with Crippen molar-refractivity contribution in [3.8, 4) is 5.75 Å². The highest BCUT2D eigenvalue weighted by atomic mass is 32.2. The zero-order valence-electron chi connectivity index (χ0n) is 18.6. The largest absolute Gasteiger partial charge is 0.481 e. The van der Waals surface area contributed by atoms with Crippen molar-refractivity contribution in [3.63, 3.8) is 0 Å². The minimum atomic E-state index is -3.55. The van der Waals surface area contributed by atoms with Gasteiger partial charge in [-0.3, -0.25) is 9.10 Å². The highest BCUT2D eigenvalue weighted by Crippen LogP contribution is 2.32. The van der Waals surface area contributed by atoms with Crippen molar-refractivity contribution in [2.75, 3.05) is 43.1 Å². The molecule has 2 aromatic rings. The molecule has 0 spiro atoms. The zero-order chi connectivity index (χ0) is 23.8. The van der Waals surface area contributed by atoms with Gasteiger partial charge in [-0.1, -0.05) is 0 Å². The lowest BCUT2D eigenvalue weighted by molar-refractivity contribution is -0.124. The molecule has 1 atom stereocenters. The Balaban J connectivity index is 1.73. The van der Waals surface area contributed by atoms with E-state index in [4.69, 9.17) is 4.74 Å². The Kier molecular flexibility index (Phi) is 6.55. The van der Waals surface area contributed by atoms with Gasteiger partial charge in [0.25, 0.3) is 5.91 Å². The average molecular weight is 482 g/mol. The molecule has 1 aliphatic rings. The second-order valence-electron chi connectivity index (χ2n) is 7.80. The molecule has 1 aliphatic heterocycles. The molecular formula is C21H27N3O6S2. The van der Waals surface area contributed by atoms with Crippen molar-refractivity contribution in [1.82, 2.24) is 4.31 Å². The second kappa shape index (κ2) is 8.72. The van der Waals surface area contributed by atoms with Crippen LogP contribution in [0.15, 0.2) is 47.4 Å². The summed E-state index contributed by atoms with van der Waals surface area (Å²) >= 11 is 0. The van der Waals surface area contributed by atoms with Crippen LogP contribution in [-0.2, 0) is 31.3 Å². The first kappa shape index (κ1) is 24.0. The number of fused-ring (bicyclic) bond motifs is 1.